The van der Waals surface area contributed by atoms with Gasteiger partial charge in [0.15, 0.2) is 5.76 Å². The predicted molar refractivity (Wildman–Crippen MR) is 103 cm³/mol. The van der Waals surface area contributed by atoms with Gasteiger partial charge in [0.25, 0.3) is 0 Å². The van der Waals surface area contributed by atoms with Gasteiger partial charge in [-0.2, -0.15) is 0 Å². The van der Waals surface area contributed by atoms with Crippen molar-refractivity contribution >= 4 is 11.9 Å². The highest BCUT2D eigenvalue weighted by Crippen LogP contribution is 2.42. The molecule has 0 bridgehead atoms. The first-order valence-electron chi connectivity index (χ1n) is 9.16. The van der Waals surface area contributed by atoms with Crippen LogP contribution in [0.4, 0.5) is 0 Å². The standard InChI is InChI=1S/C22H23NO4/c1-15-4-6-16(7-5-15)12-20-21(24)17-8-9-19-18(22(17)27-20)13-23(14-26-19)10-3-11-25-2/h4-9,12H,3,10-11,13-14H2,1-2H3/b20-12-. The van der Waals surface area contributed by atoms with E-state index in [1.54, 1.807) is 19.3 Å². The van der Waals surface area contributed by atoms with Crippen LogP contribution in [-0.4, -0.2) is 37.7 Å². The molecule has 5 heteroatoms. The highest BCUT2D eigenvalue weighted by molar-refractivity contribution is 6.15. The summed E-state index contributed by atoms with van der Waals surface area (Å²) in [4.78, 5) is 15.0. The molecule has 0 N–H and O–H groups in total. The van der Waals surface area contributed by atoms with Crippen molar-refractivity contribution in [2.75, 3.05) is 27.0 Å². The summed E-state index contributed by atoms with van der Waals surface area (Å²) in [6.45, 7) is 4.86. The number of carbonyl (C=O) groups excluding carboxylic acids is 1. The molecule has 4 rings (SSSR count). The fourth-order valence-corrected chi connectivity index (χ4v) is 3.39. The molecule has 27 heavy (non-hydrogen) atoms. The summed E-state index contributed by atoms with van der Waals surface area (Å²) < 4.78 is 17.0. The van der Waals surface area contributed by atoms with Gasteiger partial charge in [-0.25, -0.2) is 0 Å². The first kappa shape index (κ1) is 17.8. The molecule has 140 valence electrons. The Bertz CT molecular complexity index is 886. The fourth-order valence-electron chi connectivity index (χ4n) is 3.39. The number of hydrogen-bond acceptors (Lipinski definition) is 5. The van der Waals surface area contributed by atoms with Crippen LogP contribution in [0.2, 0.25) is 0 Å². The number of ether oxygens (including phenoxy) is 3. The molecule has 5 nitrogen and oxygen atoms in total. The molecule has 0 aliphatic carbocycles. The molecule has 2 aliphatic heterocycles. The zero-order valence-electron chi connectivity index (χ0n) is 15.7. The molecule has 2 aliphatic rings. The number of allylic oxidation sites excluding steroid dienone is 1. The molecule has 0 saturated heterocycles. The second-order valence-electron chi connectivity index (χ2n) is 6.94. The van der Waals surface area contributed by atoms with Crippen LogP contribution in [0.5, 0.6) is 11.5 Å². The molecular weight excluding hydrogens is 342 g/mol. The molecule has 0 atom stereocenters. The monoisotopic (exact) mass is 365 g/mol. The SMILES string of the molecule is COCCCN1COc2ccc3c(c2C1)O/C(=C\c1ccc(C)cc1)C3=O. The Morgan fingerprint density at radius 3 is 2.78 bits per heavy atom. The number of Topliss-reactive ketones (excluding diaryl/α,β-unsaturated/α-hetero) is 1. The number of rotatable bonds is 5. The van der Waals surface area contributed by atoms with Gasteiger partial charge in [0.1, 0.15) is 18.2 Å². The van der Waals surface area contributed by atoms with Gasteiger partial charge in [-0.1, -0.05) is 29.8 Å². The number of nitrogens with zero attached hydrogens (tertiary/aromatic N) is 1. The maximum atomic E-state index is 12.8. The van der Waals surface area contributed by atoms with Crippen molar-refractivity contribution in [2.45, 2.75) is 19.9 Å². The van der Waals surface area contributed by atoms with Gasteiger partial charge in [0.05, 0.1) is 11.1 Å². The number of ketones is 1. The van der Waals surface area contributed by atoms with E-state index in [2.05, 4.69) is 4.90 Å². The summed E-state index contributed by atoms with van der Waals surface area (Å²) in [5.41, 5.74) is 3.67. The number of fused-ring (bicyclic) bond motifs is 3. The van der Waals surface area contributed by atoms with Crippen LogP contribution in [0, 0.1) is 6.92 Å². The Hall–Kier alpha value is -2.63. The fraction of sp³-hybridized carbons (Fsp3) is 0.318. The maximum absolute atomic E-state index is 12.8. The Balaban J connectivity index is 1.59. The number of methoxy groups -OCH3 is 1. The third-order valence-corrected chi connectivity index (χ3v) is 4.88. The molecule has 0 amide bonds. The molecule has 2 aromatic carbocycles. The summed E-state index contributed by atoms with van der Waals surface area (Å²) in [6.07, 6.45) is 2.73. The second-order valence-corrected chi connectivity index (χ2v) is 6.94. The third-order valence-electron chi connectivity index (χ3n) is 4.88. The van der Waals surface area contributed by atoms with Crippen molar-refractivity contribution in [3.05, 3.63) is 64.4 Å². The summed E-state index contributed by atoms with van der Waals surface area (Å²) in [5.74, 6) is 1.71. The molecule has 0 unspecified atom stereocenters. The zero-order chi connectivity index (χ0) is 18.8. The molecule has 0 fully saturated rings. The lowest BCUT2D eigenvalue weighted by Crippen LogP contribution is -2.33. The van der Waals surface area contributed by atoms with E-state index in [1.165, 1.54) is 5.56 Å². The number of hydrogen-bond donors (Lipinski definition) is 0. The van der Waals surface area contributed by atoms with E-state index in [1.807, 2.05) is 37.3 Å². The smallest absolute Gasteiger partial charge is 0.231 e. The van der Waals surface area contributed by atoms with E-state index in [4.69, 9.17) is 14.2 Å². The highest BCUT2D eigenvalue weighted by Gasteiger charge is 2.33. The largest absolute Gasteiger partial charge is 0.478 e. The van der Waals surface area contributed by atoms with Gasteiger partial charge in [0.2, 0.25) is 5.78 Å². The van der Waals surface area contributed by atoms with Crippen molar-refractivity contribution in [3.63, 3.8) is 0 Å². The summed E-state index contributed by atoms with van der Waals surface area (Å²) in [7, 11) is 1.70. The van der Waals surface area contributed by atoms with Crippen molar-refractivity contribution < 1.29 is 19.0 Å². The van der Waals surface area contributed by atoms with E-state index in [0.717, 1.165) is 29.8 Å². The van der Waals surface area contributed by atoms with Gasteiger partial charge in [-0.05, 0) is 37.1 Å². The Morgan fingerprint density at radius 1 is 1.19 bits per heavy atom. The van der Waals surface area contributed by atoms with Crippen molar-refractivity contribution in [1.82, 2.24) is 4.90 Å². The molecule has 0 spiro atoms. The van der Waals surface area contributed by atoms with E-state index >= 15 is 0 Å². The molecule has 2 heterocycles. The normalized spacial score (nSPS) is 17.4. The summed E-state index contributed by atoms with van der Waals surface area (Å²) in [5, 5.41) is 0. The Kier molecular flexibility index (Phi) is 4.97. The minimum absolute atomic E-state index is 0.0788. The Morgan fingerprint density at radius 2 is 2.00 bits per heavy atom. The topological polar surface area (TPSA) is 48.0 Å². The average Bonchev–Trinajstić information content (AvgIpc) is 3.00. The van der Waals surface area contributed by atoms with Crippen molar-refractivity contribution in [1.29, 1.82) is 0 Å². The predicted octanol–water partition coefficient (Wildman–Crippen LogP) is 3.80. The average molecular weight is 365 g/mol. The molecular formula is C22H23NO4. The highest BCUT2D eigenvalue weighted by atomic mass is 16.5. The zero-order valence-corrected chi connectivity index (χ0v) is 15.7. The van der Waals surface area contributed by atoms with E-state index in [9.17, 15) is 4.79 Å². The van der Waals surface area contributed by atoms with E-state index in [-0.39, 0.29) is 5.78 Å². The quantitative estimate of drug-likeness (QED) is 0.596. The minimum atomic E-state index is -0.0788. The van der Waals surface area contributed by atoms with Crippen LogP contribution < -0.4 is 9.47 Å². The van der Waals surface area contributed by atoms with Crippen molar-refractivity contribution in [2.24, 2.45) is 0 Å². The number of benzene rings is 2. The maximum Gasteiger partial charge on any atom is 0.231 e. The lowest BCUT2D eigenvalue weighted by Gasteiger charge is -2.29. The Labute approximate surface area is 159 Å². The van der Waals surface area contributed by atoms with Crippen LogP contribution in [0.1, 0.15) is 33.5 Å². The van der Waals surface area contributed by atoms with Crippen LogP contribution >= 0.6 is 0 Å². The third kappa shape index (κ3) is 3.61. The molecule has 0 radical (unpaired) electrons. The first-order valence-corrected chi connectivity index (χ1v) is 9.16. The molecule has 2 aromatic rings. The molecule has 0 saturated carbocycles. The second kappa shape index (κ2) is 7.55. The first-order chi connectivity index (χ1) is 13.2. The van der Waals surface area contributed by atoms with E-state index in [0.29, 0.717) is 37.0 Å². The van der Waals surface area contributed by atoms with Gasteiger partial charge >= 0.3 is 0 Å². The van der Waals surface area contributed by atoms with Gasteiger partial charge < -0.3 is 14.2 Å². The van der Waals surface area contributed by atoms with Crippen molar-refractivity contribution in [3.8, 4) is 11.5 Å². The summed E-state index contributed by atoms with van der Waals surface area (Å²) in [6, 6.07) is 11.7. The van der Waals surface area contributed by atoms with Gasteiger partial charge in [-0.3, -0.25) is 9.69 Å². The van der Waals surface area contributed by atoms with Gasteiger partial charge in [0, 0.05) is 26.8 Å². The minimum Gasteiger partial charge on any atom is -0.478 e. The van der Waals surface area contributed by atoms with Crippen LogP contribution in [0.3, 0.4) is 0 Å². The lowest BCUT2D eigenvalue weighted by atomic mass is 10.0. The molecule has 0 aromatic heterocycles. The number of aryl methyl sites for hydroxylation is 1. The van der Waals surface area contributed by atoms with Gasteiger partial charge in [-0.15, -0.1) is 0 Å². The lowest BCUT2D eigenvalue weighted by molar-refractivity contribution is 0.0823. The number of carbonyl (C=O) groups is 1. The summed E-state index contributed by atoms with van der Waals surface area (Å²) >= 11 is 0. The van der Waals surface area contributed by atoms with E-state index < -0.39 is 0 Å². The van der Waals surface area contributed by atoms with Crippen LogP contribution in [0.25, 0.3) is 6.08 Å². The van der Waals surface area contributed by atoms with Crippen LogP contribution in [0.15, 0.2) is 42.2 Å². The van der Waals surface area contributed by atoms with Crippen LogP contribution in [-0.2, 0) is 11.3 Å².